The van der Waals surface area contributed by atoms with Crippen molar-refractivity contribution in [2.75, 3.05) is 6.54 Å². The van der Waals surface area contributed by atoms with Gasteiger partial charge in [0, 0.05) is 29.2 Å². The van der Waals surface area contributed by atoms with E-state index >= 15 is 0 Å². The summed E-state index contributed by atoms with van der Waals surface area (Å²) in [5.74, 6) is 0. The van der Waals surface area contributed by atoms with Crippen LogP contribution in [0.2, 0.25) is 0 Å². The molecule has 0 amide bonds. The van der Waals surface area contributed by atoms with Crippen molar-refractivity contribution in [3.8, 4) is 0 Å². The number of fused-ring (bicyclic) bond motifs is 1. The number of aliphatic hydroxyl groups excluding tert-OH is 2. The van der Waals surface area contributed by atoms with Gasteiger partial charge in [-0.1, -0.05) is 12.1 Å². The molecule has 0 aliphatic heterocycles. The lowest BCUT2D eigenvalue weighted by molar-refractivity contribution is 0.0252. The Morgan fingerprint density at radius 3 is 2.81 bits per heavy atom. The Morgan fingerprint density at radius 1 is 1.38 bits per heavy atom. The molecule has 0 radical (unpaired) electrons. The largest absolute Gasteiger partial charge is 0.389 e. The first-order valence-corrected chi connectivity index (χ1v) is 5.28. The van der Waals surface area contributed by atoms with E-state index in [1.807, 2.05) is 25.1 Å². The van der Waals surface area contributed by atoms with E-state index in [-0.39, 0.29) is 6.54 Å². The second-order valence-electron chi connectivity index (χ2n) is 3.99. The Kier molecular flexibility index (Phi) is 2.96. The van der Waals surface area contributed by atoms with E-state index in [0.29, 0.717) is 5.56 Å². The van der Waals surface area contributed by atoms with Gasteiger partial charge >= 0.3 is 0 Å². The Hall–Kier alpha value is -1.36. The van der Waals surface area contributed by atoms with Crippen LogP contribution in [-0.4, -0.2) is 27.8 Å². The summed E-state index contributed by atoms with van der Waals surface area (Å²) in [5, 5.41) is 20.5. The van der Waals surface area contributed by atoms with E-state index < -0.39 is 12.2 Å². The lowest BCUT2D eigenvalue weighted by atomic mass is 10.0. The molecule has 0 aliphatic carbocycles. The lowest BCUT2D eigenvalue weighted by Crippen LogP contribution is -2.27. The average molecular weight is 220 g/mol. The fraction of sp³-hybridized carbons (Fsp3) is 0.333. The van der Waals surface area contributed by atoms with Gasteiger partial charge in [-0.25, -0.2) is 0 Å². The number of nitrogens with two attached hydrogens (primary N) is 1. The minimum Gasteiger partial charge on any atom is -0.389 e. The van der Waals surface area contributed by atoms with Crippen molar-refractivity contribution in [1.29, 1.82) is 0 Å². The van der Waals surface area contributed by atoms with E-state index in [4.69, 9.17) is 5.73 Å². The Labute approximate surface area is 93.7 Å². The first kappa shape index (κ1) is 11.1. The first-order chi connectivity index (χ1) is 7.65. The van der Waals surface area contributed by atoms with Crippen LogP contribution in [0.25, 0.3) is 10.9 Å². The topological polar surface area (TPSA) is 82.3 Å². The van der Waals surface area contributed by atoms with Crippen LogP contribution in [0.3, 0.4) is 0 Å². The molecule has 0 saturated carbocycles. The molecular weight excluding hydrogens is 204 g/mol. The summed E-state index contributed by atoms with van der Waals surface area (Å²) in [6, 6.07) is 5.86. The number of hydrogen-bond acceptors (Lipinski definition) is 3. The smallest absolute Gasteiger partial charge is 0.108 e. The van der Waals surface area contributed by atoms with E-state index in [2.05, 4.69) is 4.98 Å². The predicted octanol–water partition coefficient (Wildman–Crippen LogP) is 0.829. The normalized spacial score (nSPS) is 15.2. The number of aromatic nitrogens is 1. The number of nitrogens with one attached hydrogen (secondary N) is 1. The maximum Gasteiger partial charge on any atom is 0.108 e. The van der Waals surface area contributed by atoms with Gasteiger partial charge in [-0.3, -0.25) is 0 Å². The third kappa shape index (κ3) is 1.71. The lowest BCUT2D eigenvalue weighted by Gasteiger charge is -2.15. The minimum atomic E-state index is -0.945. The van der Waals surface area contributed by atoms with Crippen LogP contribution in [0.4, 0.5) is 0 Å². The van der Waals surface area contributed by atoms with E-state index in [1.54, 1.807) is 6.20 Å². The number of hydrogen-bond donors (Lipinski definition) is 4. The molecule has 0 fully saturated rings. The van der Waals surface area contributed by atoms with Crippen LogP contribution in [0.1, 0.15) is 17.2 Å². The molecule has 1 aromatic heterocycles. The van der Waals surface area contributed by atoms with Crippen LogP contribution in [0.5, 0.6) is 0 Å². The molecule has 0 aliphatic rings. The van der Waals surface area contributed by atoms with Gasteiger partial charge in [0.15, 0.2) is 0 Å². The highest BCUT2D eigenvalue weighted by Crippen LogP contribution is 2.28. The molecule has 4 heteroatoms. The van der Waals surface area contributed by atoms with Gasteiger partial charge in [-0.2, -0.15) is 0 Å². The zero-order valence-corrected chi connectivity index (χ0v) is 9.14. The Bertz CT molecular complexity index is 493. The molecule has 0 bridgehead atoms. The van der Waals surface area contributed by atoms with Crippen LogP contribution in [0, 0.1) is 6.92 Å². The molecule has 5 N–H and O–H groups in total. The molecule has 86 valence electrons. The van der Waals surface area contributed by atoms with Crippen molar-refractivity contribution in [3.05, 3.63) is 35.5 Å². The molecular formula is C12H16N2O2. The number of aryl methyl sites for hydroxylation is 1. The van der Waals surface area contributed by atoms with Crippen molar-refractivity contribution in [2.24, 2.45) is 5.73 Å². The summed E-state index contributed by atoms with van der Waals surface area (Å²) in [7, 11) is 0. The number of benzene rings is 1. The Morgan fingerprint density at radius 2 is 2.12 bits per heavy atom. The zero-order chi connectivity index (χ0) is 11.7. The SMILES string of the molecule is Cc1cccc2[nH]cc(C(O)C(O)CN)c12. The van der Waals surface area contributed by atoms with Gasteiger partial charge in [0.1, 0.15) is 6.10 Å². The van der Waals surface area contributed by atoms with Gasteiger partial charge in [0.2, 0.25) is 0 Å². The van der Waals surface area contributed by atoms with Crippen molar-refractivity contribution < 1.29 is 10.2 Å². The summed E-state index contributed by atoms with van der Waals surface area (Å²) in [4.78, 5) is 3.08. The molecule has 0 spiro atoms. The van der Waals surface area contributed by atoms with E-state index in [9.17, 15) is 10.2 Å². The second kappa shape index (κ2) is 4.25. The summed E-state index contributed by atoms with van der Waals surface area (Å²) < 4.78 is 0. The fourth-order valence-corrected chi connectivity index (χ4v) is 1.97. The highest BCUT2D eigenvalue weighted by molar-refractivity contribution is 5.86. The average Bonchev–Trinajstić information content (AvgIpc) is 2.72. The number of aromatic amines is 1. The molecule has 2 unspecified atom stereocenters. The highest BCUT2D eigenvalue weighted by Gasteiger charge is 2.20. The van der Waals surface area contributed by atoms with Crippen molar-refractivity contribution in [2.45, 2.75) is 19.1 Å². The monoisotopic (exact) mass is 220 g/mol. The van der Waals surface area contributed by atoms with Crippen LogP contribution >= 0.6 is 0 Å². The molecule has 1 aromatic carbocycles. The summed E-state index contributed by atoms with van der Waals surface area (Å²) >= 11 is 0. The summed E-state index contributed by atoms with van der Waals surface area (Å²) in [5.41, 5.74) is 8.06. The zero-order valence-electron chi connectivity index (χ0n) is 9.14. The van der Waals surface area contributed by atoms with Crippen molar-refractivity contribution in [3.63, 3.8) is 0 Å². The van der Waals surface area contributed by atoms with E-state index in [0.717, 1.165) is 16.5 Å². The molecule has 0 saturated heterocycles. The predicted molar refractivity (Wildman–Crippen MR) is 63.1 cm³/mol. The molecule has 2 aromatic rings. The van der Waals surface area contributed by atoms with Crippen molar-refractivity contribution in [1.82, 2.24) is 4.98 Å². The maximum atomic E-state index is 9.95. The van der Waals surface area contributed by atoms with Gasteiger partial charge in [-0.05, 0) is 18.6 Å². The fourth-order valence-electron chi connectivity index (χ4n) is 1.97. The highest BCUT2D eigenvalue weighted by atomic mass is 16.3. The standard InChI is InChI=1S/C12H16N2O2/c1-7-3-2-4-9-11(7)8(6-14-9)12(16)10(15)5-13/h2-4,6,10,12,14-16H,5,13H2,1H3. The quantitative estimate of drug-likeness (QED) is 0.618. The minimum absolute atomic E-state index is 0.0414. The molecule has 16 heavy (non-hydrogen) atoms. The first-order valence-electron chi connectivity index (χ1n) is 5.28. The summed E-state index contributed by atoms with van der Waals surface area (Å²) in [6.07, 6.45) is -0.153. The molecule has 1 heterocycles. The van der Waals surface area contributed by atoms with E-state index in [1.165, 1.54) is 0 Å². The van der Waals surface area contributed by atoms with Gasteiger partial charge in [-0.15, -0.1) is 0 Å². The third-order valence-corrected chi connectivity index (χ3v) is 2.87. The van der Waals surface area contributed by atoms with Gasteiger partial charge in [0.05, 0.1) is 6.10 Å². The van der Waals surface area contributed by atoms with Crippen LogP contribution < -0.4 is 5.73 Å². The molecule has 2 rings (SSSR count). The van der Waals surface area contributed by atoms with Crippen molar-refractivity contribution >= 4 is 10.9 Å². The van der Waals surface area contributed by atoms with Gasteiger partial charge < -0.3 is 20.9 Å². The number of H-pyrrole nitrogens is 1. The second-order valence-corrected chi connectivity index (χ2v) is 3.99. The maximum absolute atomic E-state index is 9.95. The molecule has 2 atom stereocenters. The van der Waals surface area contributed by atoms with Crippen LogP contribution in [-0.2, 0) is 0 Å². The third-order valence-electron chi connectivity index (χ3n) is 2.87. The number of aliphatic hydroxyl groups is 2. The van der Waals surface area contributed by atoms with Crippen LogP contribution in [0.15, 0.2) is 24.4 Å². The summed E-state index contributed by atoms with van der Waals surface area (Å²) in [6.45, 7) is 2.01. The molecule has 4 nitrogen and oxygen atoms in total. The van der Waals surface area contributed by atoms with Gasteiger partial charge in [0.25, 0.3) is 0 Å². The number of rotatable bonds is 3. The Balaban J connectivity index is 2.53.